The summed E-state index contributed by atoms with van der Waals surface area (Å²) in [5.74, 6) is 0.810. The molecule has 1 aliphatic carbocycles. The van der Waals surface area contributed by atoms with Gasteiger partial charge in [0.2, 0.25) is 0 Å². The molecular weight excluding hydrogens is 200 g/mol. The predicted molar refractivity (Wildman–Crippen MR) is 66.2 cm³/mol. The SMILES string of the molecule is CCC(N)(CC)C1(O)CCC2CCNC1C2. The quantitative estimate of drug-likeness (QED) is 0.682. The summed E-state index contributed by atoms with van der Waals surface area (Å²) in [5.41, 5.74) is 5.33. The number of rotatable bonds is 3. The molecule has 1 saturated carbocycles. The van der Waals surface area contributed by atoms with E-state index in [1.54, 1.807) is 0 Å². The van der Waals surface area contributed by atoms with Gasteiger partial charge in [0.15, 0.2) is 0 Å². The van der Waals surface area contributed by atoms with Crippen molar-refractivity contribution in [2.24, 2.45) is 11.7 Å². The molecule has 0 aromatic heterocycles. The number of aliphatic hydroxyl groups is 1. The molecule has 1 heterocycles. The lowest BCUT2D eigenvalue weighted by Gasteiger charge is -2.54. The van der Waals surface area contributed by atoms with Gasteiger partial charge in [0.1, 0.15) is 0 Å². The van der Waals surface area contributed by atoms with Crippen molar-refractivity contribution < 1.29 is 5.11 Å². The van der Waals surface area contributed by atoms with Crippen LogP contribution < -0.4 is 11.1 Å². The summed E-state index contributed by atoms with van der Waals surface area (Å²) in [7, 11) is 0. The monoisotopic (exact) mass is 226 g/mol. The number of nitrogens with one attached hydrogen (secondary N) is 1. The van der Waals surface area contributed by atoms with E-state index in [1.165, 1.54) is 6.42 Å². The first kappa shape index (κ1) is 12.3. The van der Waals surface area contributed by atoms with Gasteiger partial charge in [0.05, 0.1) is 5.60 Å². The summed E-state index contributed by atoms with van der Waals surface area (Å²) in [4.78, 5) is 0. The predicted octanol–water partition coefficient (Wildman–Crippen LogP) is 1.40. The van der Waals surface area contributed by atoms with Crippen molar-refractivity contribution in [3.8, 4) is 0 Å². The van der Waals surface area contributed by atoms with Crippen LogP contribution in [0.3, 0.4) is 0 Å². The summed E-state index contributed by atoms with van der Waals surface area (Å²) in [6.45, 7) is 5.23. The topological polar surface area (TPSA) is 58.3 Å². The molecule has 0 aromatic rings. The van der Waals surface area contributed by atoms with E-state index in [9.17, 15) is 5.11 Å². The average Bonchev–Trinajstić information content (AvgIpc) is 2.34. The number of fused-ring (bicyclic) bond motifs is 2. The normalized spacial score (nSPS) is 39.8. The van der Waals surface area contributed by atoms with Crippen molar-refractivity contribution in [1.29, 1.82) is 0 Å². The van der Waals surface area contributed by atoms with Gasteiger partial charge >= 0.3 is 0 Å². The van der Waals surface area contributed by atoms with Crippen molar-refractivity contribution in [3.05, 3.63) is 0 Å². The summed E-state index contributed by atoms with van der Waals surface area (Å²) < 4.78 is 0. The Morgan fingerprint density at radius 2 is 2.06 bits per heavy atom. The molecular formula is C13H26N2O. The molecule has 2 fully saturated rings. The van der Waals surface area contributed by atoms with Crippen LogP contribution in [0.25, 0.3) is 0 Å². The Balaban J connectivity index is 2.22. The molecule has 2 aliphatic rings. The first-order valence-electron chi connectivity index (χ1n) is 6.80. The van der Waals surface area contributed by atoms with E-state index in [4.69, 9.17) is 5.73 Å². The van der Waals surface area contributed by atoms with E-state index in [0.717, 1.165) is 44.6 Å². The fourth-order valence-electron chi connectivity index (χ4n) is 3.68. The largest absolute Gasteiger partial charge is 0.386 e. The third-order valence-corrected chi connectivity index (χ3v) is 5.15. The Bertz CT molecular complexity index is 252. The van der Waals surface area contributed by atoms with E-state index in [1.807, 2.05) is 0 Å². The molecule has 3 unspecified atom stereocenters. The molecule has 3 nitrogen and oxygen atoms in total. The third-order valence-electron chi connectivity index (χ3n) is 5.15. The fraction of sp³-hybridized carbons (Fsp3) is 1.00. The Hall–Kier alpha value is -0.120. The highest BCUT2D eigenvalue weighted by Crippen LogP contribution is 2.43. The summed E-state index contributed by atoms with van der Waals surface area (Å²) in [6, 6.07) is 0.213. The van der Waals surface area contributed by atoms with Crippen LogP contribution in [-0.2, 0) is 0 Å². The molecule has 94 valence electrons. The van der Waals surface area contributed by atoms with Gasteiger partial charge in [0, 0.05) is 11.6 Å². The number of hydrogen-bond acceptors (Lipinski definition) is 3. The average molecular weight is 226 g/mol. The van der Waals surface area contributed by atoms with Crippen molar-refractivity contribution >= 4 is 0 Å². The maximum Gasteiger partial charge on any atom is 0.0978 e. The molecule has 2 rings (SSSR count). The molecule has 0 amide bonds. The Labute approximate surface area is 98.8 Å². The zero-order chi connectivity index (χ0) is 11.8. The maximum absolute atomic E-state index is 11.0. The minimum atomic E-state index is -0.701. The number of hydrogen-bond donors (Lipinski definition) is 3. The smallest absolute Gasteiger partial charge is 0.0978 e. The molecule has 3 heteroatoms. The van der Waals surface area contributed by atoms with Crippen LogP contribution in [0.1, 0.15) is 52.4 Å². The van der Waals surface area contributed by atoms with Crippen LogP contribution >= 0.6 is 0 Å². The van der Waals surface area contributed by atoms with Crippen molar-refractivity contribution in [1.82, 2.24) is 5.32 Å². The molecule has 1 saturated heterocycles. The molecule has 4 N–H and O–H groups in total. The molecule has 1 aliphatic heterocycles. The lowest BCUT2D eigenvalue weighted by molar-refractivity contribution is -0.109. The van der Waals surface area contributed by atoms with Gasteiger partial charge in [-0.25, -0.2) is 0 Å². The van der Waals surface area contributed by atoms with Gasteiger partial charge in [-0.3, -0.25) is 0 Å². The molecule has 2 bridgehead atoms. The van der Waals surface area contributed by atoms with Gasteiger partial charge in [-0.1, -0.05) is 13.8 Å². The van der Waals surface area contributed by atoms with E-state index < -0.39 is 11.1 Å². The Morgan fingerprint density at radius 1 is 1.38 bits per heavy atom. The van der Waals surface area contributed by atoms with Gasteiger partial charge < -0.3 is 16.2 Å². The Morgan fingerprint density at radius 3 is 2.69 bits per heavy atom. The van der Waals surface area contributed by atoms with E-state index in [-0.39, 0.29) is 6.04 Å². The minimum Gasteiger partial charge on any atom is -0.386 e. The van der Waals surface area contributed by atoms with Crippen LogP contribution in [0.2, 0.25) is 0 Å². The van der Waals surface area contributed by atoms with Crippen LogP contribution in [0.5, 0.6) is 0 Å². The second-order valence-electron chi connectivity index (χ2n) is 5.72. The van der Waals surface area contributed by atoms with E-state index >= 15 is 0 Å². The first-order chi connectivity index (χ1) is 7.55. The highest BCUT2D eigenvalue weighted by Gasteiger charge is 2.53. The molecule has 3 atom stereocenters. The van der Waals surface area contributed by atoms with Crippen molar-refractivity contribution in [3.63, 3.8) is 0 Å². The standard InChI is InChI=1S/C13H26N2O/c1-3-12(14,4-2)13(16)7-5-10-6-8-15-11(13)9-10/h10-11,15-16H,3-9,14H2,1-2H3. The second-order valence-corrected chi connectivity index (χ2v) is 5.72. The molecule has 0 radical (unpaired) electrons. The van der Waals surface area contributed by atoms with Gasteiger partial charge in [-0.2, -0.15) is 0 Å². The van der Waals surface area contributed by atoms with Crippen LogP contribution in [0.4, 0.5) is 0 Å². The van der Waals surface area contributed by atoms with Crippen LogP contribution in [-0.4, -0.2) is 28.8 Å². The van der Waals surface area contributed by atoms with Crippen LogP contribution in [0.15, 0.2) is 0 Å². The van der Waals surface area contributed by atoms with Crippen LogP contribution in [0, 0.1) is 5.92 Å². The zero-order valence-electron chi connectivity index (χ0n) is 10.6. The van der Waals surface area contributed by atoms with Crippen molar-refractivity contribution in [2.45, 2.75) is 69.6 Å². The summed E-state index contributed by atoms with van der Waals surface area (Å²) in [6.07, 6.45) is 6.09. The highest BCUT2D eigenvalue weighted by atomic mass is 16.3. The zero-order valence-corrected chi connectivity index (χ0v) is 10.6. The maximum atomic E-state index is 11.0. The minimum absolute atomic E-state index is 0.213. The first-order valence-corrected chi connectivity index (χ1v) is 6.80. The molecule has 0 spiro atoms. The van der Waals surface area contributed by atoms with Crippen molar-refractivity contribution in [2.75, 3.05) is 6.54 Å². The fourth-order valence-corrected chi connectivity index (χ4v) is 3.68. The second kappa shape index (κ2) is 4.28. The molecule has 16 heavy (non-hydrogen) atoms. The van der Waals surface area contributed by atoms with E-state index in [0.29, 0.717) is 0 Å². The number of nitrogens with two attached hydrogens (primary N) is 1. The Kier molecular flexibility index (Phi) is 3.30. The highest BCUT2D eigenvalue weighted by molar-refractivity contribution is 5.12. The lowest BCUT2D eigenvalue weighted by atomic mass is 9.62. The van der Waals surface area contributed by atoms with Gasteiger partial charge in [-0.15, -0.1) is 0 Å². The van der Waals surface area contributed by atoms with Gasteiger partial charge in [-0.05, 0) is 51.0 Å². The summed E-state index contributed by atoms with van der Waals surface area (Å²) in [5, 5.41) is 14.5. The van der Waals surface area contributed by atoms with E-state index in [2.05, 4.69) is 19.2 Å². The lowest BCUT2D eigenvalue weighted by Crippen LogP contribution is -2.71. The van der Waals surface area contributed by atoms with Gasteiger partial charge in [0.25, 0.3) is 0 Å². The molecule has 0 aromatic carbocycles. The number of piperidine rings is 1. The third kappa shape index (κ3) is 1.69. The summed E-state index contributed by atoms with van der Waals surface area (Å²) >= 11 is 0.